The van der Waals surface area contributed by atoms with Gasteiger partial charge in [0.2, 0.25) is 0 Å². The number of nitrogens with zero attached hydrogens (tertiary/aromatic N) is 1. The molecule has 0 radical (unpaired) electrons. The Kier molecular flexibility index (Phi) is 4.20. The smallest absolute Gasteiger partial charge is 0.317 e. The van der Waals surface area contributed by atoms with Crippen molar-refractivity contribution >= 4 is 6.03 Å². The fourth-order valence-electron chi connectivity index (χ4n) is 2.04. The van der Waals surface area contributed by atoms with Crippen LogP contribution < -0.4 is 11.1 Å². The zero-order valence-electron chi connectivity index (χ0n) is 10.9. The minimum absolute atomic E-state index is 0.0119. The second-order valence-electron chi connectivity index (χ2n) is 4.96. The van der Waals surface area contributed by atoms with Gasteiger partial charge in [0.05, 0.1) is 0 Å². The standard InChI is InChI=1S/C14H21N3O/c1-17(14(18)16-13-6-3-7-13)10-12-5-2-4-11(8-12)9-15/h2,4-5,8,13H,3,6-7,9-10,15H2,1H3,(H,16,18). The number of nitrogens with two attached hydrogens (primary N) is 1. The van der Waals surface area contributed by atoms with Crippen LogP contribution in [0, 0.1) is 0 Å². The van der Waals surface area contributed by atoms with Crippen LogP contribution >= 0.6 is 0 Å². The maximum atomic E-state index is 11.9. The molecular weight excluding hydrogens is 226 g/mol. The van der Waals surface area contributed by atoms with E-state index in [4.69, 9.17) is 5.73 Å². The molecule has 1 aliphatic carbocycles. The van der Waals surface area contributed by atoms with E-state index in [2.05, 4.69) is 5.32 Å². The molecule has 18 heavy (non-hydrogen) atoms. The molecule has 0 unspecified atom stereocenters. The van der Waals surface area contributed by atoms with Crippen molar-refractivity contribution in [2.45, 2.75) is 38.4 Å². The highest BCUT2D eigenvalue weighted by Gasteiger charge is 2.20. The van der Waals surface area contributed by atoms with E-state index in [1.54, 1.807) is 4.90 Å². The molecule has 4 nitrogen and oxygen atoms in total. The fourth-order valence-corrected chi connectivity index (χ4v) is 2.04. The summed E-state index contributed by atoms with van der Waals surface area (Å²) in [5.74, 6) is 0. The Morgan fingerprint density at radius 2 is 2.17 bits per heavy atom. The van der Waals surface area contributed by atoms with Gasteiger partial charge in [-0.25, -0.2) is 4.79 Å². The summed E-state index contributed by atoms with van der Waals surface area (Å²) in [6.07, 6.45) is 3.46. The molecular formula is C14H21N3O. The van der Waals surface area contributed by atoms with E-state index in [1.807, 2.05) is 31.3 Å². The van der Waals surface area contributed by atoms with Crippen LogP contribution in [0.3, 0.4) is 0 Å². The Balaban J connectivity index is 1.88. The van der Waals surface area contributed by atoms with Gasteiger partial charge in [-0.05, 0) is 30.4 Å². The normalized spacial score (nSPS) is 15.0. The van der Waals surface area contributed by atoms with Gasteiger partial charge in [-0.2, -0.15) is 0 Å². The van der Waals surface area contributed by atoms with Gasteiger partial charge < -0.3 is 16.0 Å². The maximum Gasteiger partial charge on any atom is 0.317 e. The summed E-state index contributed by atoms with van der Waals surface area (Å²) in [7, 11) is 1.82. The molecule has 4 heteroatoms. The largest absolute Gasteiger partial charge is 0.335 e. The first kappa shape index (κ1) is 12.9. The van der Waals surface area contributed by atoms with Gasteiger partial charge in [0.25, 0.3) is 0 Å². The predicted molar refractivity (Wildman–Crippen MR) is 72.0 cm³/mol. The topological polar surface area (TPSA) is 58.4 Å². The molecule has 0 atom stereocenters. The van der Waals surface area contributed by atoms with Crippen LogP contribution in [-0.4, -0.2) is 24.0 Å². The fraction of sp³-hybridized carbons (Fsp3) is 0.500. The van der Waals surface area contributed by atoms with Crippen LogP contribution in [0.4, 0.5) is 4.79 Å². The number of amides is 2. The first-order chi connectivity index (χ1) is 8.69. The number of hydrogen-bond acceptors (Lipinski definition) is 2. The summed E-state index contributed by atoms with van der Waals surface area (Å²) in [6.45, 7) is 1.15. The lowest BCUT2D eigenvalue weighted by Gasteiger charge is -2.29. The molecule has 0 aliphatic heterocycles. The third-order valence-corrected chi connectivity index (χ3v) is 3.43. The number of carbonyl (C=O) groups is 1. The molecule has 1 aromatic carbocycles. The number of nitrogens with one attached hydrogen (secondary N) is 1. The molecule has 3 N–H and O–H groups in total. The lowest BCUT2D eigenvalue weighted by molar-refractivity contribution is 0.195. The molecule has 1 aromatic rings. The summed E-state index contributed by atoms with van der Waals surface area (Å²) < 4.78 is 0. The van der Waals surface area contributed by atoms with Crippen LogP contribution in [0.25, 0.3) is 0 Å². The third kappa shape index (κ3) is 3.23. The lowest BCUT2D eigenvalue weighted by Crippen LogP contribution is -2.45. The Morgan fingerprint density at radius 3 is 2.78 bits per heavy atom. The Morgan fingerprint density at radius 1 is 1.44 bits per heavy atom. The van der Waals surface area contributed by atoms with E-state index in [-0.39, 0.29) is 6.03 Å². The van der Waals surface area contributed by atoms with Crippen molar-refractivity contribution in [2.75, 3.05) is 7.05 Å². The van der Waals surface area contributed by atoms with Crippen LogP contribution in [0.5, 0.6) is 0 Å². The van der Waals surface area contributed by atoms with Gasteiger partial charge >= 0.3 is 6.03 Å². The van der Waals surface area contributed by atoms with Crippen LogP contribution in [-0.2, 0) is 13.1 Å². The summed E-state index contributed by atoms with van der Waals surface area (Å²) in [4.78, 5) is 13.6. The SMILES string of the molecule is CN(Cc1cccc(CN)c1)C(=O)NC1CCC1. The zero-order valence-corrected chi connectivity index (χ0v) is 10.9. The number of rotatable bonds is 4. The van der Waals surface area contributed by atoms with Crippen molar-refractivity contribution in [3.63, 3.8) is 0 Å². The number of hydrogen-bond donors (Lipinski definition) is 2. The minimum atomic E-state index is 0.0119. The molecule has 2 amide bonds. The van der Waals surface area contributed by atoms with Gasteiger partial charge in [0, 0.05) is 26.2 Å². The molecule has 1 aliphatic rings. The van der Waals surface area contributed by atoms with Gasteiger partial charge in [-0.1, -0.05) is 24.3 Å². The quantitative estimate of drug-likeness (QED) is 0.853. The summed E-state index contributed by atoms with van der Waals surface area (Å²) >= 11 is 0. The molecule has 98 valence electrons. The Labute approximate surface area is 108 Å². The number of carbonyl (C=O) groups excluding carboxylic acids is 1. The first-order valence-electron chi connectivity index (χ1n) is 6.48. The summed E-state index contributed by atoms with van der Waals surface area (Å²) in [5.41, 5.74) is 7.82. The first-order valence-corrected chi connectivity index (χ1v) is 6.48. The zero-order chi connectivity index (χ0) is 13.0. The van der Waals surface area contributed by atoms with Crippen LogP contribution in [0.2, 0.25) is 0 Å². The maximum absolute atomic E-state index is 11.9. The van der Waals surface area contributed by atoms with Crippen molar-refractivity contribution in [3.8, 4) is 0 Å². The van der Waals surface area contributed by atoms with Crippen LogP contribution in [0.1, 0.15) is 30.4 Å². The molecule has 1 fully saturated rings. The highest BCUT2D eigenvalue weighted by molar-refractivity contribution is 5.74. The van der Waals surface area contributed by atoms with Crippen molar-refractivity contribution < 1.29 is 4.79 Å². The monoisotopic (exact) mass is 247 g/mol. The highest BCUT2D eigenvalue weighted by Crippen LogP contribution is 2.18. The van der Waals surface area contributed by atoms with Gasteiger partial charge in [-0.15, -0.1) is 0 Å². The van der Waals surface area contributed by atoms with E-state index in [0.717, 1.165) is 24.0 Å². The van der Waals surface area contributed by atoms with Crippen molar-refractivity contribution in [2.24, 2.45) is 5.73 Å². The average Bonchev–Trinajstić information content (AvgIpc) is 2.33. The third-order valence-electron chi connectivity index (χ3n) is 3.43. The van der Waals surface area contributed by atoms with E-state index in [1.165, 1.54) is 6.42 Å². The van der Waals surface area contributed by atoms with E-state index >= 15 is 0 Å². The van der Waals surface area contributed by atoms with E-state index in [0.29, 0.717) is 19.1 Å². The van der Waals surface area contributed by atoms with Gasteiger partial charge in [0.1, 0.15) is 0 Å². The number of urea groups is 1. The number of benzene rings is 1. The minimum Gasteiger partial charge on any atom is -0.335 e. The van der Waals surface area contributed by atoms with E-state index < -0.39 is 0 Å². The molecule has 0 aromatic heterocycles. The average molecular weight is 247 g/mol. The Bertz CT molecular complexity index is 415. The van der Waals surface area contributed by atoms with E-state index in [9.17, 15) is 4.79 Å². The lowest BCUT2D eigenvalue weighted by atomic mass is 9.93. The Hall–Kier alpha value is -1.55. The van der Waals surface area contributed by atoms with Gasteiger partial charge in [-0.3, -0.25) is 0 Å². The second kappa shape index (κ2) is 5.87. The van der Waals surface area contributed by atoms with Gasteiger partial charge in [0.15, 0.2) is 0 Å². The van der Waals surface area contributed by atoms with Crippen molar-refractivity contribution in [1.82, 2.24) is 10.2 Å². The molecule has 0 spiro atoms. The molecule has 1 saturated carbocycles. The van der Waals surface area contributed by atoms with Crippen molar-refractivity contribution in [1.29, 1.82) is 0 Å². The van der Waals surface area contributed by atoms with Crippen LogP contribution in [0.15, 0.2) is 24.3 Å². The van der Waals surface area contributed by atoms with Crippen molar-refractivity contribution in [3.05, 3.63) is 35.4 Å². The molecule has 0 bridgehead atoms. The molecule has 0 heterocycles. The molecule has 0 saturated heterocycles. The highest BCUT2D eigenvalue weighted by atomic mass is 16.2. The predicted octanol–water partition coefficient (Wildman–Crippen LogP) is 1.84. The molecule has 2 rings (SSSR count). The summed E-state index contributed by atoms with van der Waals surface area (Å²) in [5, 5.41) is 3.03. The second-order valence-corrected chi connectivity index (χ2v) is 4.96. The summed E-state index contributed by atoms with van der Waals surface area (Å²) in [6, 6.07) is 8.44.